The van der Waals surface area contributed by atoms with Gasteiger partial charge in [0.1, 0.15) is 5.01 Å². The fourth-order valence-corrected chi connectivity index (χ4v) is 6.40. The number of aromatic nitrogens is 1. The van der Waals surface area contributed by atoms with Crippen LogP contribution in [0.2, 0.25) is 0 Å². The number of fused-ring (bicyclic) bond motifs is 2. The van der Waals surface area contributed by atoms with Crippen LogP contribution in [-0.2, 0) is 6.42 Å². The van der Waals surface area contributed by atoms with E-state index in [0.717, 1.165) is 52.9 Å². The van der Waals surface area contributed by atoms with Crippen LogP contribution in [-0.4, -0.2) is 10.9 Å². The molecule has 0 bridgehead atoms. The standard InChI is InChI=1S/C25H16BrN3OS2/c1-14-17(10-18-13-28-25(31-18)16-8-6-15(12-27)7-9-16)11-20(26)23-22(14)29-24(30)19-4-2-3-5-21(19)32-23/h2-9,11,13H,10H2,1H3,(H,29,30). The van der Waals surface area contributed by atoms with Gasteiger partial charge in [-0.05, 0) is 64.3 Å². The number of carbonyl (C=O) groups excluding carboxylic acids is 1. The molecule has 156 valence electrons. The first kappa shape index (κ1) is 21.0. The summed E-state index contributed by atoms with van der Waals surface area (Å²) < 4.78 is 0.965. The Morgan fingerprint density at radius 1 is 1.16 bits per heavy atom. The van der Waals surface area contributed by atoms with Crippen molar-refractivity contribution in [3.63, 3.8) is 0 Å². The van der Waals surface area contributed by atoms with Crippen LogP contribution >= 0.6 is 39.0 Å². The molecule has 1 aliphatic heterocycles. The number of nitriles is 1. The minimum absolute atomic E-state index is 0.0834. The number of rotatable bonds is 3. The van der Waals surface area contributed by atoms with Crippen molar-refractivity contribution in [1.82, 2.24) is 4.98 Å². The predicted molar refractivity (Wildman–Crippen MR) is 132 cm³/mol. The van der Waals surface area contributed by atoms with E-state index >= 15 is 0 Å². The van der Waals surface area contributed by atoms with Crippen molar-refractivity contribution in [3.8, 4) is 16.6 Å². The van der Waals surface area contributed by atoms with Gasteiger partial charge in [0.15, 0.2) is 0 Å². The number of benzene rings is 3. The Balaban J connectivity index is 1.47. The zero-order chi connectivity index (χ0) is 22.2. The molecule has 3 aromatic carbocycles. The average molecular weight is 518 g/mol. The van der Waals surface area contributed by atoms with E-state index < -0.39 is 0 Å². The summed E-state index contributed by atoms with van der Waals surface area (Å²) in [5.74, 6) is -0.0834. The van der Waals surface area contributed by atoms with Gasteiger partial charge in [-0.15, -0.1) is 11.3 Å². The van der Waals surface area contributed by atoms with Gasteiger partial charge in [-0.1, -0.05) is 36.0 Å². The molecule has 0 aliphatic carbocycles. The molecule has 1 aromatic heterocycles. The third kappa shape index (κ3) is 3.86. The molecule has 32 heavy (non-hydrogen) atoms. The van der Waals surface area contributed by atoms with Crippen LogP contribution in [0.15, 0.2) is 75.1 Å². The monoisotopic (exact) mass is 517 g/mol. The lowest BCUT2D eigenvalue weighted by molar-refractivity contribution is 0.102. The Morgan fingerprint density at radius 3 is 2.72 bits per heavy atom. The maximum atomic E-state index is 12.8. The van der Waals surface area contributed by atoms with Crippen molar-refractivity contribution < 1.29 is 4.79 Å². The van der Waals surface area contributed by atoms with Gasteiger partial charge < -0.3 is 5.32 Å². The van der Waals surface area contributed by atoms with Gasteiger partial charge >= 0.3 is 0 Å². The Kier molecular flexibility index (Phi) is 5.60. The molecule has 7 heteroatoms. The second kappa shape index (κ2) is 8.55. The van der Waals surface area contributed by atoms with Crippen molar-refractivity contribution in [1.29, 1.82) is 5.26 Å². The number of carbonyl (C=O) groups is 1. The van der Waals surface area contributed by atoms with Crippen LogP contribution in [0.4, 0.5) is 5.69 Å². The van der Waals surface area contributed by atoms with E-state index in [-0.39, 0.29) is 5.91 Å². The lowest BCUT2D eigenvalue weighted by atomic mass is 10.0. The van der Waals surface area contributed by atoms with Gasteiger partial charge in [-0.25, -0.2) is 4.98 Å². The third-order valence-electron chi connectivity index (χ3n) is 5.36. The summed E-state index contributed by atoms with van der Waals surface area (Å²) in [6, 6.07) is 19.4. The quantitative estimate of drug-likeness (QED) is 0.315. The van der Waals surface area contributed by atoms with E-state index in [2.05, 4.69) is 45.3 Å². The maximum Gasteiger partial charge on any atom is 0.256 e. The average Bonchev–Trinajstić information content (AvgIpc) is 3.22. The van der Waals surface area contributed by atoms with Crippen LogP contribution in [0.1, 0.15) is 31.9 Å². The Hall–Kier alpha value is -2.92. The van der Waals surface area contributed by atoms with Gasteiger partial charge in [-0.2, -0.15) is 5.26 Å². The van der Waals surface area contributed by atoms with Crippen molar-refractivity contribution in [2.45, 2.75) is 23.1 Å². The number of anilines is 1. The van der Waals surface area contributed by atoms with Gasteiger partial charge in [0.2, 0.25) is 0 Å². The van der Waals surface area contributed by atoms with Gasteiger partial charge in [0, 0.05) is 32.4 Å². The molecule has 0 saturated heterocycles. The first-order valence-corrected chi connectivity index (χ1v) is 12.3. The van der Waals surface area contributed by atoms with Crippen molar-refractivity contribution in [2.24, 2.45) is 0 Å². The minimum atomic E-state index is -0.0834. The van der Waals surface area contributed by atoms with Crippen LogP contribution < -0.4 is 5.32 Å². The SMILES string of the molecule is Cc1c(Cc2cnc(-c3ccc(C#N)cc3)s2)cc(Br)c2c1NC(=O)c1ccccc1S2. The topological polar surface area (TPSA) is 65.8 Å². The Labute approximate surface area is 202 Å². The van der Waals surface area contributed by atoms with Crippen LogP contribution in [0, 0.1) is 18.3 Å². The maximum absolute atomic E-state index is 12.8. The smallest absolute Gasteiger partial charge is 0.256 e. The third-order valence-corrected chi connectivity index (χ3v) is 8.50. The molecular weight excluding hydrogens is 502 g/mol. The Bertz CT molecular complexity index is 1400. The normalized spacial score (nSPS) is 12.3. The molecule has 0 saturated carbocycles. The first-order valence-electron chi connectivity index (χ1n) is 9.89. The lowest BCUT2D eigenvalue weighted by Gasteiger charge is -2.16. The summed E-state index contributed by atoms with van der Waals surface area (Å²) in [6.45, 7) is 2.06. The summed E-state index contributed by atoms with van der Waals surface area (Å²) in [6.07, 6.45) is 2.62. The van der Waals surface area contributed by atoms with E-state index in [1.54, 1.807) is 23.1 Å². The number of nitrogens with one attached hydrogen (secondary N) is 1. The number of hydrogen-bond donors (Lipinski definition) is 1. The van der Waals surface area contributed by atoms with Crippen molar-refractivity contribution >= 4 is 50.6 Å². The molecule has 1 N–H and O–H groups in total. The molecule has 4 nitrogen and oxygen atoms in total. The first-order chi connectivity index (χ1) is 15.5. The molecule has 1 amide bonds. The zero-order valence-corrected chi connectivity index (χ0v) is 20.2. The second-order valence-corrected chi connectivity index (χ2v) is 10.4. The van der Waals surface area contributed by atoms with Crippen LogP contribution in [0.25, 0.3) is 10.6 Å². The molecule has 0 atom stereocenters. The molecule has 0 unspecified atom stereocenters. The summed E-state index contributed by atoms with van der Waals surface area (Å²) in [5, 5.41) is 13.0. The fraction of sp³-hybridized carbons (Fsp3) is 0.0800. The molecular formula is C25H16BrN3OS2. The number of halogens is 1. The van der Waals surface area contributed by atoms with Crippen LogP contribution in [0.5, 0.6) is 0 Å². The summed E-state index contributed by atoms with van der Waals surface area (Å²) in [5.41, 5.74) is 5.38. The lowest BCUT2D eigenvalue weighted by Crippen LogP contribution is -2.13. The number of thiazole rings is 1. The number of amides is 1. The van der Waals surface area contributed by atoms with Crippen molar-refractivity contribution in [3.05, 3.63) is 92.4 Å². The van der Waals surface area contributed by atoms with E-state index in [1.165, 1.54) is 0 Å². The van der Waals surface area contributed by atoms with Crippen molar-refractivity contribution in [2.75, 3.05) is 5.32 Å². The molecule has 4 aromatic rings. The van der Waals surface area contributed by atoms with E-state index in [0.29, 0.717) is 11.1 Å². The largest absolute Gasteiger partial charge is 0.321 e. The minimum Gasteiger partial charge on any atom is -0.321 e. The molecule has 0 fully saturated rings. The highest BCUT2D eigenvalue weighted by atomic mass is 79.9. The summed E-state index contributed by atoms with van der Waals surface area (Å²) in [4.78, 5) is 20.5. The van der Waals surface area contributed by atoms with Gasteiger partial charge in [0.25, 0.3) is 5.91 Å². The zero-order valence-electron chi connectivity index (χ0n) is 17.0. The number of nitrogens with zero attached hydrogens (tertiary/aromatic N) is 2. The summed E-state index contributed by atoms with van der Waals surface area (Å²) in [7, 11) is 0. The highest BCUT2D eigenvalue weighted by Gasteiger charge is 2.24. The predicted octanol–water partition coefficient (Wildman–Crippen LogP) is 7.06. The molecule has 0 spiro atoms. The van der Waals surface area contributed by atoms with E-state index in [4.69, 9.17) is 5.26 Å². The highest BCUT2D eigenvalue weighted by molar-refractivity contribution is 9.10. The van der Waals surface area contributed by atoms with E-state index in [1.807, 2.05) is 54.7 Å². The van der Waals surface area contributed by atoms with Crippen LogP contribution in [0.3, 0.4) is 0 Å². The molecule has 5 rings (SSSR count). The molecule has 1 aliphatic rings. The van der Waals surface area contributed by atoms with E-state index in [9.17, 15) is 4.79 Å². The fourth-order valence-electron chi connectivity index (χ4n) is 3.64. The highest BCUT2D eigenvalue weighted by Crippen LogP contribution is 2.45. The molecule has 2 heterocycles. The Morgan fingerprint density at radius 2 is 1.94 bits per heavy atom. The summed E-state index contributed by atoms with van der Waals surface area (Å²) >= 11 is 6.97. The molecule has 0 radical (unpaired) electrons. The van der Waals surface area contributed by atoms with Gasteiger partial charge in [0.05, 0.1) is 27.8 Å². The number of hydrogen-bond acceptors (Lipinski definition) is 5. The van der Waals surface area contributed by atoms with Gasteiger partial charge in [-0.3, -0.25) is 4.79 Å². The second-order valence-electron chi connectivity index (χ2n) is 7.40.